The SMILES string of the molecule is COc1ccc(-c2nn(-c3ccccc3)cc2C(=O)Nc2ccc(NS(C)(=O)=O)cc2)cc1. The van der Waals surface area contributed by atoms with Crippen molar-refractivity contribution in [2.75, 3.05) is 23.4 Å². The van der Waals surface area contributed by atoms with Crippen LogP contribution < -0.4 is 14.8 Å². The second kappa shape index (κ2) is 9.17. The van der Waals surface area contributed by atoms with Crippen LogP contribution in [0.3, 0.4) is 0 Å². The number of sulfonamides is 1. The smallest absolute Gasteiger partial charge is 0.259 e. The second-order valence-electron chi connectivity index (χ2n) is 7.31. The Morgan fingerprint density at radius 2 is 1.55 bits per heavy atom. The first kappa shape index (κ1) is 22.1. The lowest BCUT2D eigenvalue weighted by atomic mass is 10.1. The molecule has 9 heteroatoms. The fourth-order valence-electron chi connectivity index (χ4n) is 3.25. The number of ether oxygens (including phenoxy) is 1. The summed E-state index contributed by atoms with van der Waals surface area (Å²) in [6.45, 7) is 0. The van der Waals surface area contributed by atoms with Gasteiger partial charge in [-0.05, 0) is 60.7 Å². The van der Waals surface area contributed by atoms with Gasteiger partial charge in [0.25, 0.3) is 5.91 Å². The topological polar surface area (TPSA) is 102 Å². The third kappa shape index (κ3) is 5.39. The number of nitrogens with one attached hydrogen (secondary N) is 2. The fraction of sp³-hybridized carbons (Fsp3) is 0.0833. The molecule has 0 aliphatic rings. The van der Waals surface area contributed by atoms with Crippen molar-refractivity contribution >= 4 is 27.3 Å². The van der Waals surface area contributed by atoms with Crippen LogP contribution in [0.4, 0.5) is 11.4 Å². The minimum atomic E-state index is -3.38. The number of carbonyl (C=O) groups is 1. The molecule has 0 atom stereocenters. The predicted octanol–water partition coefficient (Wildman–Crippen LogP) is 4.17. The molecule has 8 nitrogen and oxygen atoms in total. The number of hydrogen-bond acceptors (Lipinski definition) is 5. The third-order valence-corrected chi connectivity index (χ3v) is 5.40. The van der Waals surface area contributed by atoms with Gasteiger partial charge in [-0.15, -0.1) is 0 Å². The van der Waals surface area contributed by atoms with Crippen molar-refractivity contribution < 1.29 is 17.9 Å². The van der Waals surface area contributed by atoms with E-state index >= 15 is 0 Å². The van der Waals surface area contributed by atoms with E-state index in [1.165, 1.54) is 0 Å². The highest BCUT2D eigenvalue weighted by atomic mass is 32.2. The molecule has 2 N–H and O–H groups in total. The minimum absolute atomic E-state index is 0.341. The van der Waals surface area contributed by atoms with Gasteiger partial charge < -0.3 is 10.1 Å². The third-order valence-electron chi connectivity index (χ3n) is 4.79. The van der Waals surface area contributed by atoms with Crippen molar-refractivity contribution in [3.8, 4) is 22.7 Å². The Kier molecular flexibility index (Phi) is 6.14. The number of aromatic nitrogens is 2. The highest BCUT2D eigenvalue weighted by Crippen LogP contribution is 2.27. The van der Waals surface area contributed by atoms with E-state index in [9.17, 15) is 13.2 Å². The average Bonchev–Trinajstić information content (AvgIpc) is 3.26. The number of methoxy groups -OCH3 is 1. The van der Waals surface area contributed by atoms with Crippen molar-refractivity contribution in [3.63, 3.8) is 0 Å². The molecule has 0 saturated heterocycles. The maximum absolute atomic E-state index is 13.2. The Labute approximate surface area is 191 Å². The molecule has 1 heterocycles. The Bertz CT molecular complexity index is 1360. The zero-order valence-corrected chi connectivity index (χ0v) is 18.8. The van der Waals surface area contributed by atoms with Crippen molar-refractivity contribution in [2.24, 2.45) is 0 Å². The van der Waals surface area contributed by atoms with Crippen LogP contribution in [0.1, 0.15) is 10.4 Å². The maximum atomic E-state index is 13.2. The van der Waals surface area contributed by atoms with E-state index in [2.05, 4.69) is 15.1 Å². The molecule has 0 radical (unpaired) electrons. The molecule has 0 aliphatic heterocycles. The Hall–Kier alpha value is -4.11. The molecule has 168 valence electrons. The zero-order valence-electron chi connectivity index (χ0n) is 18.0. The lowest BCUT2D eigenvalue weighted by molar-refractivity contribution is 0.102. The van der Waals surface area contributed by atoms with Gasteiger partial charge in [-0.1, -0.05) is 18.2 Å². The van der Waals surface area contributed by atoms with Crippen LogP contribution >= 0.6 is 0 Å². The van der Waals surface area contributed by atoms with E-state index in [1.54, 1.807) is 42.3 Å². The first-order valence-corrected chi connectivity index (χ1v) is 11.9. The van der Waals surface area contributed by atoms with Gasteiger partial charge in [-0.3, -0.25) is 9.52 Å². The quantitative estimate of drug-likeness (QED) is 0.429. The molecule has 33 heavy (non-hydrogen) atoms. The van der Waals surface area contributed by atoms with Crippen LogP contribution in [0.15, 0.2) is 85.1 Å². The predicted molar refractivity (Wildman–Crippen MR) is 128 cm³/mol. The molecule has 1 amide bonds. The van der Waals surface area contributed by atoms with Gasteiger partial charge in [0.15, 0.2) is 0 Å². The summed E-state index contributed by atoms with van der Waals surface area (Å²) >= 11 is 0. The number of nitrogens with zero attached hydrogens (tertiary/aromatic N) is 2. The van der Waals surface area contributed by atoms with Gasteiger partial charge in [0, 0.05) is 23.1 Å². The molecule has 0 aliphatic carbocycles. The number of rotatable bonds is 7. The second-order valence-corrected chi connectivity index (χ2v) is 9.05. The van der Waals surface area contributed by atoms with Gasteiger partial charge in [0.1, 0.15) is 11.4 Å². The summed E-state index contributed by atoms with van der Waals surface area (Å²) in [6.07, 6.45) is 2.76. The molecule has 0 saturated carbocycles. The van der Waals surface area contributed by atoms with Crippen LogP contribution in [-0.4, -0.2) is 37.5 Å². The van der Waals surface area contributed by atoms with Crippen molar-refractivity contribution in [1.82, 2.24) is 9.78 Å². The first-order chi connectivity index (χ1) is 15.8. The van der Waals surface area contributed by atoms with E-state index in [4.69, 9.17) is 4.74 Å². The number of hydrogen-bond donors (Lipinski definition) is 2. The van der Waals surface area contributed by atoms with Crippen LogP contribution in [0, 0.1) is 0 Å². The van der Waals surface area contributed by atoms with Crippen molar-refractivity contribution in [3.05, 3.63) is 90.6 Å². The summed E-state index contributed by atoms with van der Waals surface area (Å²) in [7, 11) is -1.79. The van der Waals surface area contributed by atoms with Gasteiger partial charge in [0.2, 0.25) is 10.0 Å². The van der Waals surface area contributed by atoms with Crippen LogP contribution in [0.25, 0.3) is 16.9 Å². The van der Waals surface area contributed by atoms with E-state index in [0.717, 1.165) is 17.5 Å². The summed E-state index contributed by atoms with van der Waals surface area (Å²) in [5.74, 6) is 0.363. The van der Waals surface area contributed by atoms with Gasteiger partial charge in [0.05, 0.1) is 24.6 Å². The average molecular weight is 463 g/mol. The van der Waals surface area contributed by atoms with Gasteiger partial charge in [-0.2, -0.15) is 5.10 Å². The molecule has 0 bridgehead atoms. The van der Waals surface area contributed by atoms with E-state index < -0.39 is 10.0 Å². The minimum Gasteiger partial charge on any atom is -0.497 e. The number of benzene rings is 3. The molecule has 0 fully saturated rings. The Morgan fingerprint density at radius 3 is 2.15 bits per heavy atom. The lowest BCUT2D eigenvalue weighted by Crippen LogP contribution is -2.13. The van der Waals surface area contributed by atoms with E-state index in [0.29, 0.717) is 28.4 Å². The summed E-state index contributed by atoms with van der Waals surface area (Å²) in [4.78, 5) is 13.2. The van der Waals surface area contributed by atoms with Crippen LogP contribution in [0.5, 0.6) is 5.75 Å². The zero-order chi connectivity index (χ0) is 23.4. The molecule has 0 unspecified atom stereocenters. The molecule has 4 rings (SSSR count). The lowest BCUT2D eigenvalue weighted by Gasteiger charge is -2.08. The van der Waals surface area contributed by atoms with Crippen LogP contribution in [-0.2, 0) is 10.0 Å². The van der Waals surface area contributed by atoms with Crippen molar-refractivity contribution in [2.45, 2.75) is 0 Å². The summed E-state index contributed by atoms with van der Waals surface area (Å²) in [6, 6.07) is 23.2. The van der Waals surface area contributed by atoms with E-state index in [1.807, 2.05) is 54.6 Å². The molecule has 4 aromatic rings. The Balaban J connectivity index is 1.66. The molecular weight excluding hydrogens is 440 g/mol. The summed E-state index contributed by atoms with van der Waals surface area (Å²) in [5.41, 5.74) is 3.43. The Morgan fingerprint density at radius 1 is 0.909 bits per heavy atom. The van der Waals surface area contributed by atoms with Gasteiger partial charge in [-0.25, -0.2) is 13.1 Å². The molecule has 0 spiro atoms. The summed E-state index contributed by atoms with van der Waals surface area (Å²) < 4.78 is 32.0. The van der Waals surface area contributed by atoms with Crippen LogP contribution in [0.2, 0.25) is 0 Å². The number of amides is 1. The van der Waals surface area contributed by atoms with Gasteiger partial charge >= 0.3 is 0 Å². The number of anilines is 2. The number of carbonyl (C=O) groups excluding carboxylic acids is 1. The highest BCUT2D eigenvalue weighted by molar-refractivity contribution is 7.92. The standard InChI is InChI=1S/C24H22N4O4S/c1-32-21-14-8-17(9-15-21)23-22(16-28(26-23)20-6-4-3-5-7-20)24(29)25-18-10-12-19(13-11-18)27-33(2,30)31/h3-16,27H,1-2H3,(H,25,29). The summed E-state index contributed by atoms with van der Waals surface area (Å²) in [5, 5.41) is 7.51. The monoisotopic (exact) mass is 462 g/mol. The molecule has 3 aromatic carbocycles. The first-order valence-electron chi connectivity index (χ1n) is 10.0. The van der Waals surface area contributed by atoms with E-state index in [-0.39, 0.29) is 5.91 Å². The largest absolute Gasteiger partial charge is 0.497 e. The number of para-hydroxylation sites is 1. The fourth-order valence-corrected chi connectivity index (χ4v) is 3.81. The van der Waals surface area contributed by atoms with Crippen molar-refractivity contribution in [1.29, 1.82) is 0 Å². The molecule has 1 aromatic heterocycles. The highest BCUT2D eigenvalue weighted by Gasteiger charge is 2.19. The molecular formula is C24H22N4O4S. The normalized spacial score (nSPS) is 11.1. The maximum Gasteiger partial charge on any atom is 0.259 e.